The third kappa shape index (κ3) is 3.87. The minimum absolute atomic E-state index is 0.136. The van der Waals surface area contributed by atoms with E-state index in [-0.39, 0.29) is 12.7 Å². The summed E-state index contributed by atoms with van der Waals surface area (Å²) in [5.74, 6) is 3.36. The van der Waals surface area contributed by atoms with Crippen molar-refractivity contribution < 1.29 is 10.2 Å². The van der Waals surface area contributed by atoms with Crippen LogP contribution in [0.25, 0.3) is 0 Å². The zero-order valence-corrected chi connectivity index (χ0v) is 15.2. The van der Waals surface area contributed by atoms with Crippen LogP contribution in [0, 0.1) is 35.0 Å². The number of hydrogen-bond donors (Lipinski definition) is 2. The number of aliphatic hydroxyl groups is 2. The molecule has 0 saturated heterocycles. The molecule has 0 heterocycles. The Hall–Kier alpha value is -0.0800. The van der Waals surface area contributed by atoms with Crippen molar-refractivity contribution in [2.45, 2.75) is 85.2 Å². The van der Waals surface area contributed by atoms with E-state index in [4.69, 9.17) is 0 Å². The summed E-state index contributed by atoms with van der Waals surface area (Å²) in [6.45, 7) is 9.79. The van der Waals surface area contributed by atoms with Crippen molar-refractivity contribution >= 4 is 0 Å². The number of fused-ring (bicyclic) bond motifs is 1. The van der Waals surface area contributed by atoms with Gasteiger partial charge in [-0.25, -0.2) is 0 Å². The number of rotatable bonds is 7. The molecule has 0 amide bonds. The lowest BCUT2D eigenvalue weighted by Gasteiger charge is -2.48. The second-order valence-electron chi connectivity index (χ2n) is 8.98. The Morgan fingerprint density at radius 2 is 1.86 bits per heavy atom. The van der Waals surface area contributed by atoms with E-state index < -0.39 is 0 Å². The van der Waals surface area contributed by atoms with Gasteiger partial charge < -0.3 is 10.2 Å². The average Bonchev–Trinajstić information content (AvgIpc) is 2.76. The third-order valence-electron chi connectivity index (χ3n) is 6.92. The first kappa shape index (κ1) is 18.3. The van der Waals surface area contributed by atoms with Crippen molar-refractivity contribution in [3.05, 3.63) is 0 Å². The summed E-state index contributed by atoms with van der Waals surface area (Å²) in [5.41, 5.74) is 0.300. The molecule has 0 unspecified atom stereocenters. The molecule has 2 aliphatic rings. The van der Waals surface area contributed by atoms with E-state index >= 15 is 0 Å². The van der Waals surface area contributed by atoms with Gasteiger partial charge in [0.05, 0.1) is 6.10 Å². The highest BCUT2D eigenvalue weighted by molar-refractivity contribution is 5.03. The quantitative estimate of drug-likeness (QED) is 0.719. The van der Waals surface area contributed by atoms with Crippen molar-refractivity contribution in [2.24, 2.45) is 35.0 Å². The van der Waals surface area contributed by atoms with Gasteiger partial charge in [0.25, 0.3) is 0 Å². The Bertz CT molecular complexity index is 341. The highest BCUT2D eigenvalue weighted by Gasteiger charge is 2.53. The Morgan fingerprint density at radius 1 is 1.14 bits per heavy atom. The van der Waals surface area contributed by atoms with Crippen LogP contribution in [0.3, 0.4) is 0 Å². The minimum atomic E-state index is -0.136. The normalized spacial score (nSPS) is 40.0. The SMILES string of the molecule is CC(C)CCC[C@@H](C)[C@H]1CC[C@H]2[C@@H](O)C[C@H](CCO)C[C@]12C. The summed E-state index contributed by atoms with van der Waals surface area (Å²) in [4.78, 5) is 0. The van der Waals surface area contributed by atoms with Crippen LogP contribution in [-0.2, 0) is 0 Å². The van der Waals surface area contributed by atoms with Crippen molar-refractivity contribution in [3.8, 4) is 0 Å². The van der Waals surface area contributed by atoms with Crippen molar-refractivity contribution in [1.29, 1.82) is 0 Å². The van der Waals surface area contributed by atoms with Crippen LogP contribution in [0.4, 0.5) is 0 Å². The Morgan fingerprint density at radius 3 is 2.50 bits per heavy atom. The summed E-state index contributed by atoms with van der Waals surface area (Å²) in [7, 11) is 0. The fourth-order valence-corrected chi connectivity index (χ4v) is 5.83. The highest BCUT2D eigenvalue weighted by Crippen LogP contribution is 2.59. The maximum Gasteiger partial charge on any atom is 0.0576 e. The predicted octanol–water partition coefficient (Wildman–Crippen LogP) is 4.63. The molecule has 2 fully saturated rings. The molecule has 2 aliphatic carbocycles. The Kier molecular flexibility index (Phi) is 6.36. The molecule has 0 bridgehead atoms. The first-order chi connectivity index (χ1) is 10.4. The number of aliphatic hydroxyl groups excluding tert-OH is 2. The van der Waals surface area contributed by atoms with Gasteiger partial charge in [0.1, 0.15) is 0 Å². The van der Waals surface area contributed by atoms with Crippen LogP contribution in [0.1, 0.15) is 79.1 Å². The smallest absolute Gasteiger partial charge is 0.0576 e. The molecular formula is C20H38O2. The van der Waals surface area contributed by atoms with Gasteiger partial charge in [0, 0.05) is 6.61 Å². The zero-order chi connectivity index (χ0) is 16.3. The van der Waals surface area contributed by atoms with E-state index in [0.29, 0.717) is 17.3 Å². The molecule has 0 spiro atoms. The van der Waals surface area contributed by atoms with Gasteiger partial charge >= 0.3 is 0 Å². The Labute approximate surface area is 137 Å². The van der Waals surface area contributed by atoms with Gasteiger partial charge in [-0.15, -0.1) is 0 Å². The molecule has 2 heteroatoms. The van der Waals surface area contributed by atoms with Crippen LogP contribution >= 0.6 is 0 Å². The molecular weight excluding hydrogens is 272 g/mol. The van der Waals surface area contributed by atoms with Crippen LogP contribution in [0.5, 0.6) is 0 Å². The third-order valence-corrected chi connectivity index (χ3v) is 6.92. The average molecular weight is 311 g/mol. The van der Waals surface area contributed by atoms with E-state index in [2.05, 4.69) is 27.7 Å². The molecule has 130 valence electrons. The summed E-state index contributed by atoms with van der Waals surface area (Å²) in [6.07, 6.45) is 9.40. The van der Waals surface area contributed by atoms with Gasteiger partial charge in [-0.05, 0) is 67.1 Å². The largest absolute Gasteiger partial charge is 0.396 e. The second-order valence-corrected chi connectivity index (χ2v) is 8.98. The van der Waals surface area contributed by atoms with E-state index in [1.807, 2.05) is 0 Å². The predicted molar refractivity (Wildman–Crippen MR) is 92.6 cm³/mol. The Balaban J connectivity index is 2.00. The lowest BCUT2D eigenvalue weighted by Crippen LogP contribution is -2.44. The van der Waals surface area contributed by atoms with Crippen molar-refractivity contribution in [3.63, 3.8) is 0 Å². The summed E-state index contributed by atoms with van der Waals surface area (Å²) in [6, 6.07) is 0. The number of hydrogen-bond acceptors (Lipinski definition) is 2. The van der Waals surface area contributed by atoms with Crippen LogP contribution in [-0.4, -0.2) is 22.9 Å². The summed E-state index contributed by atoms with van der Waals surface area (Å²) >= 11 is 0. The lowest BCUT2D eigenvalue weighted by molar-refractivity contribution is -0.0560. The maximum absolute atomic E-state index is 10.6. The highest BCUT2D eigenvalue weighted by atomic mass is 16.3. The molecule has 0 radical (unpaired) electrons. The first-order valence-electron chi connectivity index (χ1n) is 9.67. The van der Waals surface area contributed by atoms with E-state index in [0.717, 1.165) is 30.6 Å². The molecule has 2 nitrogen and oxygen atoms in total. The van der Waals surface area contributed by atoms with Crippen molar-refractivity contribution in [2.75, 3.05) is 6.61 Å². The topological polar surface area (TPSA) is 40.5 Å². The summed E-state index contributed by atoms with van der Waals surface area (Å²) < 4.78 is 0. The maximum atomic E-state index is 10.6. The molecule has 0 aromatic heterocycles. The molecule has 2 N–H and O–H groups in total. The molecule has 2 rings (SSSR count). The minimum Gasteiger partial charge on any atom is -0.396 e. The van der Waals surface area contributed by atoms with E-state index in [1.165, 1.54) is 38.5 Å². The van der Waals surface area contributed by atoms with Crippen LogP contribution in [0.2, 0.25) is 0 Å². The molecule has 6 atom stereocenters. The molecule has 0 aromatic carbocycles. The fourth-order valence-electron chi connectivity index (χ4n) is 5.83. The molecule has 22 heavy (non-hydrogen) atoms. The molecule has 0 aromatic rings. The fraction of sp³-hybridized carbons (Fsp3) is 1.00. The van der Waals surface area contributed by atoms with E-state index in [1.54, 1.807) is 0 Å². The zero-order valence-electron chi connectivity index (χ0n) is 15.2. The lowest BCUT2D eigenvalue weighted by atomic mass is 9.58. The van der Waals surface area contributed by atoms with Crippen LogP contribution < -0.4 is 0 Å². The molecule has 0 aliphatic heterocycles. The van der Waals surface area contributed by atoms with Gasteiger partial charge in [-0.2, -0.15) is 0 Å². The van der Waals surface area contributed by atoms with E-state index in [9.17, 15) is 10.2 Å². The summed E-state index contributed by atoms with van der Waals surface area (Å²) in [5, 5.41) is 19.9. The molecule has 2 saturated carbocycles. The van der Waals surface area contributed by atoms with Crippen LogP contribution in [0.15, 0.2) is 0 Å². The van der Waals surface area contributed by atoms with Gasteiger partial charge in [0.15, 0.2) is 0 Å². The standard InChI is InChI=1S/C20H38O2/c1-14(2)6-5-7-15(3)17-8-9-18-19(22)12-16(10-11-21)13-20(17,18)4/h14-19,21-22H,5-13H2,1-4H3/t15-,16+,17-,18+,19+,20-/m1/s1. The second kappa shape index (κ2) is 7.66. The van der Waals surface area contributed by atoms with Gasteiger partial charge in [0.2, 0.25) is 0 Å². The first-order valence-corrected chi connectivity index (χ1v) is 9.67. The van der Waals surface area contributed by atoms with Crippen molar-refractivity contribution in [1.82, 2.24) is 0 Å². The van der Waals surface area contributed by atoms with Gasteiger partial charge in [-0.3, -0.25) is 0 Å². The monoisotopic (exact) mass is 310 g/mol. The van der Waals surface area contributed by atoms with Gasteiger partial charge in [-0.1, -0.05) is 47.0 Å².